The van der Waals surface area contributed by atoms with Gasteiger partial charge in [-0.25, -0.2) is 0 Å². The lowest BCUT2D eigenvalue weighted by Crippen LogP contribution is -2.19. The summed E-state index contributed by atoms with van der Waals surface area (Å²) in [5.41, 5.74) is 0.866. The van der Waals surface area contributed by atoms with E-state index in [-0.39, 0.29) is 0 Å². The van der Waals surface area contributed by atoms with E-state index in [9.17, 15) is 0 Å². The van der Waals surface area contributed by atoms with Crippen molar-refractivity contribution in [2.75, 3.05) is 6.54 Å². The highest BCUT2D eigenvalue weighted by Crippen LogP contribution is 2.28. The summed E-state index contributed by atoms with van der Waals surface area (Å²) in [5, 5.41) is 12.2. The summed E-state index contributed by atoms with van der Waals surface area (Å²) in [5.74, 6) is 1.19. The van der Waals surface area contributed by atoms with Gasteiger partial charge in [0.2, 0.25) is 11.8 Å². The molecule has 1 aromatic heterocycles. The van der Waals surface area contributed by atoms with Gasteiger partial charge in [0, 0.05) is 29.0 Å². The third-order valence-corrected chi connectivity index (χ3v) is 4.20. The van der Waals surface area contributed by atoms with Crippen LogP contribution in [0, 0.1) is 0 Å². The number of hydrogen-bond donors (Lipinski definition) is 1. The van der Waals surface area contributed by atoms with Crippen LogP contribution in [0.2, 0.25) is 5.02 Å². The van der Waals surface area contributed by atoms with E-state index in [1.54, 1.807) is 6.07 Å². The Hall–Kier alpha value is -0.910. The van der Waals surface area contributed by atoms with E-state index in [0.29, 0.717) is 22.8 Å². The second-order valence-corrected chi connectivity index (χ2v) is 5.87. The van der Waals surface area contributed by atoms with Crippen LogP contribution in [0.1, 0.15) is 18.7 Å². The third-order valence-electron chi connectivity index (χ3n) is 2.98. The van der Waals surface area contributed by atoms with Crippen molar-refractivity contribution in [3.8, 4) is 11.5 Å². The summed E-state index contributed by atoms with van der Waals surface area (Å²) in [6, 6.07) is 6.25. The highest BCUT2D eigenvalue weighted by molar-refractivity contribution is 9.10. The molecule has 1 N–H and O–H groups in total. The molecule has 0 aliphatic heterocycles. The summed E-state index contributed by atoms with van der Waals surface area (Å²) in [6.07, 6.45) is 3.33. The van der Waals surface area contributed by atoms with Crippen LogP contribution in [0.3, 0.4) is 0 Å². The van der Waals surface area contributed by atoms with Crippen molar-refractivity contribution in [1.29, 1.82) is 0 Å². The standard InChI is InChI=1S/C13H13BrClN3O/c14-10-7-8(1-4-11(10)15)13-18-17-12(19-13)5-6-16-9-2-3-9/h1,4,7,9,16H,2-3,5-6H2. The number of nitrogens with zero attached hydrogens (tertiary/aromatic N) is 2. The van der Waals surface area contributed by atoms with Crippen LogP contribution in [0.4, 0.5) is 0 Å². The maximum Gasteiger partial charge on any atom is 0.247 e. The molecule has 1 heterocycles. The van der Waals surface area contributed by atoms with Crippen molar-refractivity contribution >= 4 is 27.5 Å². The fourth-order valence-electron chi connectivity index (χ4n) is 1.77. The van der Waals surface area contributed by atoms with Gasteiger partial charge in [-0.15, -0.1) is 10.2 Å². The number of benzene rings is 1. The van der Waals surface area contributed by atoms with E-state index in [0.717, 1.165) is 23.0 Å². The van der Waals surface area contributed by atoms with Gasteiger partial charge >= 0.3 is 0 Å². The smallest absolute Gasteiger partial charge is 0.247 e. The second kappa shape index (κ2) is 5.61. The number of aromatic nitrogens is 2. The van der Waals surface area contributed by atoms with Crippen molar-refractivity contribution in [2.45, 2.75) is 25.3 Å². The molecule has 100 valence electrons. The van der Waals surface area contributed by atoms with Crippen molar-refractivity contribution in [1.82, 2.24) is 15.5 Å². The Bertz CT molecular complexity index is 583. The van der Waals surface area contributed by atoms with Crippen molar-refractivity contribution in [3.05, 3.63) is 33.6 Å². The summed E-state index contributed by atoms with van der Waals surface area (Å²) < 4.78 is 6.46. The lowest BCUT2D eigenvalue weighted by molar-refractivity contribution is 0.494. The van der Waals surface area contributed by atoms with Crippen LogP contribution in [0.15, 0.2) is 27.1 Å². The highest BCUT2D eigenvalue weighted by atomic mass is 79.9. The van der Waals surface area contributed by atoms with Crippen LogP contribution in [0.5, 0.6) is 0 Å². The Labute approximate surface area is 124 Å². The first-order valence-corrected chi connectivity index (χ1v) is 7.40. The van der Waals surface area contributed by atoms with E-state index < -0.39 is 0 Å². The molecule has 19 heavy (non-hydrogen) atoms. The van der Waals surface area contributed by atoms with E-state index in [1.165, 1.54) is 12.8 Å². The fourth-order valence-corrected chi connectivity index (χ4v) is 2.27. The summed E-state index contributed by atoms with van der Waals surface area (Å²) in [6.45, 7) is 0.886. The first-order chi connectivity index (χ1) is 9.22. The van der Waals surface area contributed by atoms with Gasteiger partial charge in [-0.1, -0.05) is 11.6 Å². The molecular weight excluding hydrogens is 330 g/mol. The minimum absolute atomic E-state index is 0.527. The maximum absolute atomic E-state index is 5.96. The Morgan fingerprint density at radius 1 is 1.37 bits per heavy atom. The van der Waals surface area contributed by atoms with Gasteiger partial charge in [-0.3, -0.25) is 0 Å². The molecule has 0 unspecified atom stereocenters. The minimum atomic E-state index is 0.527. The molecule has 0 amide bonds. The molecule has 2 aromatic rings. The highest BCUT2D eigenvalue weighted by Gasteiger charge is 2.20. The first kappa shape index (κ1) is 13.1. The first-order valence-electron chi connectivity index (χ1n) is 6.23. The lowest BCUT2D eigenvalue weighted by Gasteiger charge is -1.99. The van der Waals surface area contributed by atoms with Crippen LogP contribution in [-0.4, -0.2) is 22.8 Å². The van der Waals surface area contributed by atoms with Gasteiger partial charge in [0.1, 0.15) is 0 Å². The molecule has 0 bridgehead atoms. The normalized spacial score (nSPS) is 14.8. The van der Waals surface area contributed by atoms with E-state index >= 15 is 0 Å². The predicted octanol–water partition coefficient (Wildman–Crippen LogP) is 3.45. The second-order valence-electron chi connectivity index (χ2n) is 4.61. The van der Waals surface area contributed by atoms with Crippen molar-refractivity contribution < 1.29 is 4.42 Å². The van der Waals surface area contributed by atoms with E-state index in [1.807, 2.05) is 12.1 Å². The molecule has 1 aliphatic carbocycles. The lowest BCUT2D eigenvalue weighted by atomic mass is 10.2. The van der Waals surface area contributed by atoms with Crippen LogP contribution in [-0.2, 0) is 6.42 Å². The largest absolute Gasteiger partial charge is 0.421 e. The number of halogens is 2. The molecule has 6 heteroatoms. The quantitative estimate of drug-likeness (QED) is 0.904. The van der Waals surface area contributed by atoms with Gasteiger partial charge in [-0.05, 0) is 47.0 Å². The number of nitrogens with one attached hydrogen (secondary N) is 1. The van der Waals surface area contributed by atoms with Crippen molar-refractivity contribution in [2.24, 2.45) is 0 Å². The molecule has 1 aliphatic rings. The topological polar surface area (TPSA) is 51.0 Å². The number of rotatable bonds is 5. The zero-order valence-electron chi connectivity index (χ0n) is 10.2. The van der Waals surface area contributed by atoms with E-state index in [2.05, 4.69) is 31.4 Å². The zero-order valence-corrected chi connectivity index (χ0v) is 12.5. The molecule has 0 atom stereocenters. The Morgan fingerprint density at radius 2 is 2.21 bits per heavy atom. The van der Waals surface area contributed by atoms with Gasteiger partial charge < -0.3 is 9.73 Å². The molecule has 4 nitrogen and oxygen atoms in total. The molecule has 3 rings (SSSR count). The molecule has 1 saturated carbocycles. The van der Waals surface area contributed by atoms with Crippen LogP contribution >= 0.6 is 27.5 Å². The summed E-state index contributed by atoms with van der Waals surface area (Å²) in [4.78, 5) is 0. The zero-order chi connectivity index (χ0) is 13.2. The fraction of sp³-hybridized carbons (Fsp3) is 0.385. The molecule has 0 radical (unpaired) electrons. The maximum atomic E-state index is 5.96. The number of hydrogen-bond acceptors (Lipinski definition) is 4. The van der Waals surface area contributed by atoms with E-state index in [4.69, 9.17) is 16.0 Å². The van der Waals surface area contributed by atoms with Crippen LogP contribution < -0.4 is 5.32 Å². The average Bonchev–Trinajstić information content (AvgIpc) is 3.10. The van der Waals surface area contributed by atoms with Gasteiger partial charge in [0.25, 0.3) is 0 Å². The average molecular weight is 343 g/mol. The molecular formula is C13H13BrClN3O. The van der Waals surface area contributed by atoms with Gasteiger partial charge in [-0.2, -0.15) is 0 Å². The minimum Gasteiger partial charge on any atom is -0.421 e. The summed E-state index contributed by atoms with van der Waals surface area (Å²) in [7, 11) is 0. The molecule has 0 saturated heterocycles. The molecule has 0 spiro atoms. The summed E-state index contributed by atoms with van der Waals surface area (Å²) >= 11 is 9.34. The van der Waals surface area contributed by atoms with Gasteiger partial charge in [0.05, 0.1) is 5.02 Å². The molecule has 1 aromatic carbocycles. The predicted molar refractivity (Wildman–Crippen MR) is 77.2 cm³/mol. The van der Waals surface area contributed by atoms with Crippen LogP contribution in [0.25, 0.3) is 11.5 Å². The molecule has 1 fully saturated rings. The van der Waals surface area contributed by atoms with Crippen molar-refractivity contribution in [3.63, 3.8) is 0 Å². The monoisotopic (exact) mass is 341 g/mol. The Morgan fingerprint density at radius 3 is 2.95 bits per heavy atom. The Kier molecular flexibility index (Phi) is 3.86. The third kappa shape index (κ3) is 3.35. The SMILES string of the molecule is Clc1ccc(-c2nnc(CCNC3CC3)o2)cc1Br. The van der Waals surface area contributed by atoms with Gasteiger partial charge in [0.15, 0.2) is 0 Å². The Balaban J connectivity index is 1.67.